The van der Waals surface area contributed by atoms with Crippen molar-refractivity contribution in [2.75, 3.05) is 49.7 Å². The molecule has 1 aromatic heterocycles. The third-order valence-electron chi connectivity index (χ3n) is 8.08. The maximum atomic E-state index is 14.1. The summed E-state index contributed by atoms with van der Waals surface area (Å²) in [5.74, 6) is 0.569. The van der Waals surface area contributed by atoms with Crippen LogP contribution in [-0.4, -0.2) is 74.0 Å². The van der Waals surface area contributed by atoms with Gasteiger partial charge in [0, 0.05) is 24.8 Å². The van der Waals surface area contributed by atoms with Crippen LogP contribution in [0.25, 0.3) is 0 Å². The third kappa shape index (κ3) is 5.14. The molecular weight excluding hydrogens is 474 g/mol. The highest BCUT2D eigenvalue weighted by Gasteiger charge is 2.42. The Morgan fingerprint density at radius 3 is 2.33 bits per heavy atom. The number of nitrogens with zero attached hydrogens (tertiary/aromatic N) is 4. The average Bonchev–Trinajstić information content (AvgIpc) is 2.85. The number of aryl methyl sites for hydroxylation is 1. The summed E-state index contributed by atoms with van der Waals surface area (Å²) in [5.41, 5.74) is 3.93. The standard InChI is InChI=1S/C27H37N5O3S/c1-19-6-4-5-7-23(19)32-18-21-8-9-24(28-22-12-14-30(2)15-13-22)29-26(21)25(27(32)33)20-10-16-31(17-11-20)36(3,34)35/h4-9,20,22,25H,10-18H2,1-3H3,(H,28,29). The smallest absolute Gasteiger partial charge is 0.236 e. The van der Waals surface area contributed by atoms with Crippen LogP contribution in [-0.2, 0) is 21.4 Å². The zero-order valence-electron chi connectivity index (χ0n) is 21.5. The fourth-order valence-corrected chi connectivity index (χ4v) is 6.79. The van der Waals surface area contributed by atoms with Gasteiger partial charge in [-0.15, -0.1) is 0 Å². The summed E-state index contributed by atoms with van der Waals surface area (Å²) in [6.07, 6.45) is 4.71. The maximum absolute atomic E-state index is 14.1. The Labute approximate surface area is 214 Å². The molecule has 5 rings (SSSR count). The second kappa shape index (κ2) is 10.1. The van der Waals surface area contributed by atoms with Gasteiger partial charge in [0.1, 0.15) is 5.82 Å². The summed E-state index contributed by atoms with van der Waals surface area (Å²) < 4.78 is 25.7. The first-order valence-electron chi connectivity index (χ1n) is 13.0. The third-order valence-corrected chi connectivity index (χ3v) is 9.39. The molecule has 3 aliphatic heterocycles. The largest absolute Gasteiger partial charge is 0.367 e. The summed E-state index contributed by atoms with van der Waals surface area (Å²) in [6, 6.07) is 12.5. The Hall–Kier alpha value is -2.49. The minimum atomic E-state index is -3.23. The molecule has 0 bridgehead atoms. The number of sulfonamides is 1. The number of carbonyl (C=O) groups excluding carboxylic acids is 1. The molecule has 194 valence electrons. The first-order valence-corrected chi connectivity index (χ1v) is 14.8. The lowest BCUT2D eigenvalue weighted by Crippen LogP contribution is -2.46. The summed E-state index contributed by atoms with van der Waals surface area (Å²) in [4.78, 5) is 23.4. The average molecular weight is 512 g/mol. The quantitative estimate of drug-likeness (QED) is 0.664. The highest BCUT2D eigenvalue weighted by atomic mass is 32.2. The first kappa shape index (κ1) is 25.2. The van der Waals surface area contributed by atoms with Crippen molar-refractivity contribution in [3.05, 3.63) is 53.2 Å². The predicted octanol–water partition coefficient (Wildman–Crippen LogP) is 3.20. The summed E-state index contributed by atoms with van der Waals surface area (Å²) in [5, 5.41) is 3.62. The Balaban J connectivity index is 1.46. The van der Waals surface area contributed by atoms with Crippen LogP contribution >= 0.6 is 0 Å². The number of anilines is 2. The van der Waals surface area contributed by atoms with Gasteiger partial charge >= 0.3 is 0 Å². The Bertz CT molecular complexity index is 1220. The van der Waals surface area contributed by atoms with Crippen LogP contribution < -0.4 is 10.2 Å². The highest BCUT2D eigenvalue weighted by Crippen LogP contribution is 2.41. The van der Waals surface area contributed by atoms with E-state index in [1.807, 2.05) is 42.2 Å². The second-order valence-corrected chi connectivity index (χ2v) is 12.6. The van der Waals surface area contributed by atoms with Gasteiger partial charge in [0.2, 0.25) is 15.9 Å². The van der Waals surface area contributed by atoms with Crippen LogP contribution in [0.2, 0.25) is 0 Å². The minimum Gasteiger partial charge on any atom is -0.367 e. The Kier molecular flexibility index (Phi) is 7.07. The number of hydrogen-bond acceptors (Lipinski definition) is 6. The van der Waals surface area contributed by atoms with E-state index in [2.05, 4.69) is 23.3 Å². The van der Waals surface area contributed by atoms with Crippen molar-refractivity contribution in [2.45, 2.75) is 51.1 Å². The molecule has 2 saturated heterocycles. The van der Waals surface area contributed by atoms with Crippen molar-refractivity contribution in [2.24, 2.45) is 5.92 Å². The number of aromatic nitrogens is 1. The number of amides is 1. The molecule has 36 heavy (non-hydrogen) atoms. The van der Waals surface area contributed by atoms with Gasteiger partial charge in [-0.2, -0.15) is 0 Å². The van der Waals surface area contributed by atoms with Crippen molar-refractivity contribution < 1.29 is 13.2 Å². The number of rotatable bonds is 5. The number of carbonyl (C=O) groups is 1. The fourth-order valence-electron chi connectivity index (χ4n) is 5.92. The first-order chi connectivity index (χ1) is 17.2. The monoisotopic (exact) mass is 511 g/mol. The molecule has 1 unspecified atom stereocenters. The van der Waals surface area contributed by atoms with E-state index in [1.54, 1.807) is 0 Å². The lowest BCUT2D eigenvalue weighted by Gasteiger charge is -2.40. The van der Waals surface area contributed by atoms with E-state index in [0.717, 1.165) is 54.3 Å². The van der Waals surface area contributed by atoms with E-state index in [-0.39, 0.29) is 17.7 Å². The number of nitrogens with one attached hydrogen (secondary N) is 1. The van der Waals surface area contributed by atoms with Crippen molar-refractivity contribution in [1.82, 2.24) is 14.2 Å². The second-order valence-electron chi connectivity index (χ2n) is 10.7. The number of likely N-dealkylation sites (tertiary alicyclic amines) is 1. The van der Waals surface area contributed by atoms with Crippen molar-refractivity contribution in [1.29, 1.82) is 0 Å². The van der Waals surface area contributed by atoms with Gasteiger partial charge in [-0.1, -0.05) is 24.3 Å². The molecule has 4 heterocycles. The van der Waals surface area contributed by atoms with Crippen LogP contribution in [0.15, 0.2) is 36.4 Å². The van der Waals surface area contributed by atoms with E-state index < -0.39 is 10.0 Å². The molecule has 2 aromatic rings. The zero-order chi connectivity index (χ0) is 25.4. The molecule has 1 atom stereocenters. The highest BCUT2D eigenvalue weighted by molar-refractivity contribution is 7.88. The van der Waals surface area contributed by atoms with Crippen LogP contribution in [0, 0.1) is 12.8 Å². The Morgan fingerprint density at radius 1 is 0.972 bits per heavy atom. The van der Waals surface area contributed by atoms with E-state index >= 15 is 0 Å². The number of para-hydroxylation sites is 1. The fraction of sp³-hybridized carbons (Fsp3) is 0.556. The minimum absolute atomic E-state index is 0.0483. The number of pyridine rings is 1. The lowest BCUT2D eigenvalue weighted by molar-refractivity contribution is -0.122. The van der Waals surface area contributed by atoms with Crippen LogP contribution in [0.3, 0.4) is 0 Å². The van der Waals surface area contributed by atoms with Gasteiger partial charge < -0.3 is 15.1 Å². The van der Waals surface area contributed by atoms with Crippen molar-refractivity contribution in [3.63, 3.8) is 0 Å². The topological polar surface area (TPSA) is 85.8 Å². The molecule has 0 spiro atoms. The normalized spacial score (nSPS) is 23.0. The van der Waals surface area contributed by atoms with Gasteiger partial charge in [0.15, 0.2) is 0 Å². The lowest BCUT2D eigenvalue weighted by atomic mass is 9.78. The summed E-state index contributed by atoms with van der Waals surface area (Å²) in [7, 11) is -1.08. The van der Waals surface area contributed by atoms with E-state index in [0.29, 0.717) is 38.5 Å². The van der Waals surface area contributed by atoms with Crippen molar-refractivity contribution in [3.8, 4) is 0 Å². The van der Waals surface area contributed by atoms with E-state index in [1.165, 1.54) is 10.6 Å². The van der Waals surface area contributed by atoms with Gasteiger partial charge in [-0.25, -0.2) is 17.7 Å². The molecule has 8 nitrogen and oxygen atoms in total. The molecule has 0 aliphatic carbocycles. The molecule has 0 radical (unpaired) electrons. The van der Waals surface area contributed by atoms with Gasteiger partial charge in [0.25, 0.3) is 0 Å². The summed E-state index contributed by atoms with van der Waals surface area (Å²) in [6.45, 7) is 5.55. The predicted molar refractivity (Wildman–Crippen MR) is 143 cm³/mol. The zero-order valence-corrected chi connectivity index (χ0v) is 22.3. The Morgan fingerprint density at radius 2 is 1.67 bits per heavy atom. The molecule has 1 aromatic carbocycles. The van der Waals surface area contributed by atoms with Gasteiger partial charge in [-0.3, -0.25) is 4.79 Å². The SMILES string of the molecule is Cc1ccccc1N1Cc2ccc(NC3CCN(C)CC3)nc2C(C2CCN(S(C)(=O)=O)CC2)C1=O. The molecule has 1 N–H and O–H groups in total. The van der Waals surface area contributed by atoms with Gasteiger partial charge in [0.05, 0.1) is 24.4 Å². The molecule has 0 saturated carbocycles. The van der Waals surface area contributed by atoms with E-state index in [9.17, 15) is 13.2 Å². The maximum Gasteiger partial charge on any atom is 0.236 e. The molecule has 3 aliphatic rings. The van der Waals surface area contributed by atoms with E-state index in [4.69, 9.17) is 4.98 Å². The molecule has 1 amide bonds. The van der Waals surface area contributed by atoms with Crippen molar-refractivity contribution >= 4 is 27.4 Å². The molecular formula is C27H37N5O3S. The van der Waals surface area contributed by atoms with Crippen LogP contribution in [0.5, 0.6) is 0 Å². The number of hydrogen-bond donors (Lipinski definition) is 1. The number of fused-ring (bicyclic) bond motifs is 1. The van der Waals surface area contributed by atoms with Crippen LogP contribution in [0.4, 0.5) is 11.5 Å². The summed E-state index contributed by atoms with van der Waals surface area (Å²) >= 11 is 0. The number of piperidine rings is 2. The molecule has 2 fully saturated rings. The number of benzene rings is 1. The van der Waals surface area contributed by atoms with Gasteiger partial charge in [-0.05, 0) is 81.9 Å². The van der Waals surface area contributed by atoms with Crippen LogP contribution in [0.1, 0.15) is 48.4 Å². The molecule has 9 heteroatoms.